The highest BCUT2D eigenvalue weighted by atomic mass is 19.2. The van der Waals surface area contributed by atoms with Crippen molar-refractivity contribution in [3.05, 3.63) is 35.1 Å². The van der Waals surface area contributed by atoms with Crippen LogP contribution in [0.2, 0.25) is 0 Å². The third-order valence-corrected chi connectivity index (χ3v) is 3.00. The summed E-state index contributed by atoms with van der Waals surface area (Å²) >= 11 is 0. The molecule has 0 bridgehead atoms. The minimum atomic E-state index is -1.44. The number of aliphatic imine (C=N–C) groups is 1. The van der Waals surface area contributed by atoms with Crippen LogP contribution >= 0.6 is 0 Å². The van der Waals surface area contributed by atoms with Crippen LogP contribution in [0.25, 0.3) is 0 Å². The topological polar surface area (TPSA) is 50.4 Å². The third kappa shape index (κ3) is 3.43. The fourth-order valence-electron chi connectivity index (χ4n) is 2.07. The summed E-state index contributed by atoms with van der Waals surface area (Å²) in [5.74, 6) is -3.60. The van der Waals surface area contributed by atoms with E-state index in [0.717, 1.165) is 12.1 Å². The number of rotatable bonds is 2. The van der Waals surface area contributed by atoms with Gasteiger partial charge in [-0.15, -0.1) is 0 Å². The molecular weight excluding hydrogens is 267 g/mol. The Morgan fingerprint density at radius 3 is 2.30 bits per heavy atom. The van der Waals surface area contributed by atoms with Crippen molar-refractivity contribution in [2.75, 3.05) is 0 Å². The fourth-order valence-corrected chi connectivity index (χ4v) is 2.07. The summed E-state index contributed by atoms with van der Waals surface area (Å²) in [6, 6.07) is 1.92. The Hall–Kier alpha value is -1.72. The Morgan fingerprint density at radius 1 is 1.25 bits per heavy atom. The molecular formula is C14H18F3N3. The summed E-state index contributed by atoms with van der Waals surface area (Å²) in [4.78, 5) is 4.26. The van der Waals surface area contributed by atoms with Crippen LogP contribution in [0.15, 0.2) is 17.1 Å². The number of nitrogens with zero attached hydrogens (tertiary/aromatic N) is 1. The van der Waals surface area contributed by atoms with E-state index in [4.69, 9.17) is 5.73 Å². The molecule has 0 saturated heterocycles. The Labute approximate surface area is 116 Å². The van der Waals surface area contributed by atoms with Gasteiger partial charge < -0.3 is 11.1 Å². The van der Waals surface area contributed by atoms with E-state index in [9.17, 15) is 13.2 Å². The van der Waals surface area contributed by atoms with Crippen LogP contribution in [0.1, 0.15) is 38.7 Å². The summed E-state index contributed by atoms with van der Waals surface area (Å²) in [5.41, 5.74) is 5.97. The summed E-state index contributed by atoms with van der Waals surface area (Å²) in [6.07, 6.45) is 0.650. The number of guanidine groups is 1. The molecule has 6 heteroatoms. The summed E-state index contributed by atoms with van der Waals surface area (Å²) < 4.78 is 39.2. The first-order valence-corrected chi connectivity index (χ1v) is 6.43. The van der Waals surface area contributed by atoms with Crippen molar-refractivity contribution in [1.82, 2.24) is 5.32 Å². The molecule has 3 N–H and O–H groups in total. The van der Waals surface area contributed by atoms with Gasteiger partial charge in [0.25, 0.3) is 0 Å². The molecule has 0 aliphatic heterocycles. The molecule has 2 atom stereocenters. The van der Waals surface area contributed by atoms with Crippen molar-refractivity contribution in [3.8, 4) is 0 Å². The monoisotopic (exact) mass is 285 g/mol. The minimum absolute atomic E-state index is 0.111. The van der Waals surface area contributed by atoms with Crippen LogP contribution in [0.4, 0.5) is 13.2 Å². The predicted molar refractivity (Wildman–Crippen MR) is 72.0 cm³/mol. The lowest BCUT2D eigenvalue weighted by Gasteiger charge is -2.21. The van der Waals surface area contributed by atoms with Crippen molar-refractivity contribution in [2.45, 2.75) is 44.7 Å². The molecule has 0 unspecified atom stereocenters. The highest BCUT2D eigenvalue weighted by molar-refractivity contribution is 5.79. The standard InChI is InChI=1S/C14H18F3N3/c1-14(2,3)20-13(18)19-11-6-8(11)7-4-9(15)12(17)10(16)5-7/h4-5,8,11H,6H2,1-3H3,(H3,18,19,20)/t8-,11+/m0/s1. The SMILES string of the molecule is CC(C)(C)NC(N)=N[C@@H]1C[C@H]1c1cc(F)c(F)c(F)c1. The normalized spacial score (nSPS) is 22.8. The summed E-state index contributed by atoms with van der Waals surface area (Å²) in [6.45, 7) is 5.85. The molecule has 2 rings (SSSR count). The summed E-state index contributed by atoms with van der Waals surface area (Å²) in [5, 5.41) is 3.01. The molecule has 20 heavy (non-hydrogen) atoms. The van der Waals surface area contributed by atoms with Crippen molar-refractivity contribution >= 4 is 5.96 Å². The number of hydrogen-bond acceptors (Lipinski definition) is 1. The predicted octanol–water partition coefficient (Wildman–Crippen LogP) is 2.66. The molecule has 1 aromatic rings. The first-order valence-electron chi connectivity index (χ1n) is 6.43. The van der Waals surface area contributed by atoms with Crippen LogP contribution in [0.5, 0.6) is 0 Å². The molecule has 0 radical (unpaired) electrons. The number of hydrogen-bond donors (Lipinski definition) is 2. The number of nitrogens with two attached hydrogens (primary N) is 1. The molecule has 1 fully saturated rings. The maximum atomic E-state index is 13.2. The van der Waals surface area contributed by atoms with Gasteiger partial charge >= 0.3 is 0 Å². The minimum Gasteiger partial charge on any atom is -0.370 e. The van der Waals surface area contributed by atoms with Crippen LogP contribution < -0.4 is 11.1 Å². The first kappa shape index (κ1) is 14.7. The zero-order valence-electron chi connectivity index (χ0n) is 11.7. The molecule has 0 aromatic heterocycles. The molecule has 0 heterocycles. The van der Waals surface area contributed by atoms with E-state index in [1.807, 2.05) is 20.8 Å². The van der Waals surface area contributed by atoms with Crippen molar-refractivity contribution < 1.29 is 13.2 Å². The van der Waals surface area contributed by atoms with Gasteiger partial charge in [-0.05, 0) is 44.9 Å². The van der Waals surface area contributed by atoms with E-state index in [1.165, 1.54) is 0 Å². The second-order valence-electron chi connectivity index (χ2n) is 6.10. The van der Waals surface area contributed by atoms with Gasteiger partial charge in [0.1, 0.15) is 0 Å². The van der Waals surface area contributed by atoms with Crippen LogP contribution in [-0.2, 0) is 0 Å². The lowest BCUT2D eigenvalue weighted by Crippen LogP contribution is -2.45. The fraction of sp³-hybridized carbons (Fsp3) is 0.500. The zero-order valence-corrected chi connectivity index (χ0v) is 11.7. The van der Waals surface area contributed by atoms with Gasteiger partial charge in [0.15, 0.2) is 23.4 Å². The van der Waals surface area contributed by atoms with Crippen molar-refractivity contribution in [3.63, 3.8) is 0 Å². The molecule has 1 aliphatic rings. The number of benzene rings is 1. The van der Waals surface area contributed by atoms with Gasteiger partial charge in [0.05, 0.1) is 6.04 Å². The molecule has 1 aliphatic carbocycles. The van der Waals surface area contributed by atoms with Gasteiger partial charge in [0, 0.05) is 11.5 Å². The number of halogens is 3. The van der Waals surface area contributed by atoms with E-state index >= 15 is 0 Å². The molecule has 1 aromatic carbocycles. The molecule has 110 valence electrons. The lowest BCUT2D eigenvalue weighted by atomic mass is 10.1. The van der Waals surface area contributed by atoms with Crippen molar-refractivity contribution in [1.29, 1.82) is 0 Å². The van der Waals surface area contributed by atoms with Gasteiger partial charge in [-0.3, -0.25) is 0 Å². The quantitative estimate of drug-likeness (QED) is 0.498. The van der Waals surface area contributed by atoms with Crippen LogP contribution in [-0.4, -0.2) is 17.5 Å². The molecule has 0 amide bonds. The van der Waals surface area contributed by atoms with E-state index in [2.05, 4.69) is 10.3 Å². The zero-order chi connectivity index (χ0) is 15.1. The highest BCUT2D eigenvalue weighted by Gasteiger charge is 2.39. The lowest BCUT2D eigenvalue weighted by molar-refractivity contribution is 0.445. The Morgan fingerprint density at radius 2 is 1.80 bits per heavy atom. The van der Waals surface area contributed by atoms with Gasteiger partial charge in [-0.25, -0.2) is 18.2 Å². The number of nitrogens with one attached hydrogen (secondary N) is 1. The highest BCUT2D eigenvalue weighted by Crippen LogP contribution is 2.44. The van der Waals surface area contributed by atoms with Gasteiger partial charge in [-0.2, -0.15) is 0 Å². The smallest absolute Gasteiger partial charge is 0.194 e. The van der Waals surface area contributed by atoms with Crippen molar-refractivity contribution in [2.24, 2.45) is 10.7 Å². The Balaban J connectivity index is 2.07. The van der Waals surface area contributed by atoms with E-state index in [1.54, 1.807) is 0 Å². The Kier molecular flexibility index (Phi) is 3.67. The van der Waals surface area contributed by atoms with E-state index in [-0.39, 0.29) is 17.5 Å². The Bertz CT molecular complexity index is 526. The third-order valence-electron chi connectivity index (χ3n) is 3.00. The van der Waals surface area contributed by atoms with Crippen LogP contribution in [0.3, 0.4) is 0 Å². The average molecular weight is 285 g/mol. The van der Waals surface area contributed by atoms with Gasteiger partial charge in [-0.1, -0.05) is 0 Å². The maximum Gasteiger partial charge on any atom is 0.194 e. The summed E-state index contributed by atoms with van der Waals surface area (Å²) in [7, 11) is 0. The molecule has 1 saturated carbocycles. The van der Waals surface area contributed by atoms with E-state index < -0.39 is 17.5 Å². The van der Waals surface area contributed by atoms with Crippen LogP contribution in [0, 0.1) is 17.5 Å². The average Bonchev–Trinajstić information content (AvgIpc) is 3.01. The first-order chi connectivity index (χ1) is 9.17. The second-order valence-corrected chi connectivity index (χ2v) is 6.10. The van der Waals surface area contributed by atoms with Gasteiger partial charge in [0.2, 0.25) is 0 Å². The second kappa shape index (κ2) is 5.00. The maximum absolute atomic E-state index is 13.2. The molecule has 3 nitrogen and oxygen atoms in total. The molecule has 0 spiro atoms. The largest absolute Gasteiger partial charge is 0.370 e. The van der Waals surface area contributed by atoms with E-state index in [0.29, 0.717) is 17.9 Å².